The maximum Gasteiger partial charge on any atom is 0.224 e. The zero-order valence-electron chi connectivity index (χ0n) is 16.4. The van der Waals surface area contributed by atoms with E-state index in [4.69, 9.17) is 0 Å². The highest BCUT2D eigenvalue weighted by Crippen LogP contribution is 2.25. The Morgan fingerprint density at radius 1 is 1.07 bits per heavy atom. The van der Waals surface area contributed by atoms with E-state index in [1.807, 2.05) is 44.2 Å². The molecule has 1 atom stereocenters. The van der Waals surface area contributed by atoms with E-state index in [1.54, 1.807) is 0 Å². The molecule has 142 valence electrons. The minimum Gasteiger partial charge on any atom is -0.371 e. The smallest absolute Gasteiger partial charge is 0.224 e. The Balaban J connectivity index is 1.52. The van der Waals surface area contributed by atoms with Gasteiger partial charge < -0.3 is 10.2 Å². The van der Waals surface area contributed by atoms with E-state index in [2.05, 4.69) is 29.3 Å². The maximum atomic E-state index is 12.4. The number of carbonyl (C=O) groups is 2. The second-order valence-electron chi connectivity index (χ2n) is 7.68. The normalized spacial score (nSPS) is 16.4. The van der Waals surface area contributed by atoms with Crippen LogP contribution >= 0.6 is 0 Å². The zero-order chi connectivity index (χ0) is 19.4. The summed E-state index contributed by atoms with van der Waals surface area (Å²) < 4.78 is 0. The fourth-order valence-corrected chi connectivity index (χ4v) is 3.55. The summed E-state index contributed by atoms with van der Waals surface area (Å²) in [5.41, 5.74) is 4.70. The van der Waals surface area contributed by atoms with Gasteiger partial charge in [-0.25, -0.2) is 0 Å². The summed E-state index contributed by atoms with van der Waals surface area (Å²) in [5.74, 6) is 0.625. The van der Waals surface area contributed by atoms with Crippen molar-refractivity contribution in [3.63, 3.8) is 0 Å². The quantitative estimate of drug-likeness (QED) is 0.753. The molecule has 0 spiro atoms. The van der Waals surface area contributed by atoms with Gasteiger partial charge in [-0.2, -0.15) is 0 Å². The molecule has 1 heterocycles. The molecule has 1 saturated heterocycles. The minimum absolute atomic E-state index is 0.0184. The fourth-order valence-electron chi connectivity index (χ4n) is 3.55. The van der Waals surface area contributed by atoms with Gasteiger partial charge in [0.2, 0.25) is 5.91 Å². The third-order valence-electron chi connectivity index (χ3n) is 5.21. The van der Waals surface area contributed by atoms with Gasteiger partial charge in [0.15, 0.2) is 5.78 Å². The number of anilines is 2. The Bertz CT molecular complexity index is 827. The molecule has 1 unspecified atom stereocenters. The van der Waals surface area contributed by atoms with Crippen LogP contribution in [-0.2, 0) is 4.79 Å². The molecule has 27 heavy (non-hydrogen) atoms. The highest BCUT2D eigenvalue weighted by molar-refractivity contribution is 6.01. The highest BCUT2D eigenvalue weighted by atomic mass is 16.2. The van der Waals surface area contributed by atoms with Crippen molar-refractivity contribution in [3.8, 4) is 0 Å². The number of nitrogens with one attached hydrogen (secondary N) is 1. The van der Waals surface area contributed by atoms with Crippen molar-refractivity contribution in [1.29, 1.82) is 0 Å². The zero-order valence-corrected chi connectivity index (χ0v) is 16.4. The summed E-state index contributed by atoms with van der Waals surface area (Å²) in [7, 11) is 0. The summed E-state index contributed by atoms with van der Waals surface area (Å²) in [6.07, 6.45) is 1.64. The number of ketones is 1. The van der Waals surface area contributed by atoms with Crippen LogP contribution in [0.2, 0.25) is 0 Å². The topological polar surface area (TPSA) is 49.4 Å². The first kappa shape index (κ1) is 19.2. The van der Waals surface area contributed by atoms with Crippen LogP contribution in [0.25, 0.3) is 0 Å². The van der Waals surface area contributed by atoms with Gasteiger partial charge in [-0.3, -0.25) is 9.59 Å². The van der Waals surface area contributed by atoms with E-state index in [9.17, 15) is 9.59 Å². The molecule has 4 heteroatoms. The molecule has 0 aromatic heterocycles. The van der Waals surface area contributed by atoms with Crippen molar-refractivity contribution in [2.45, 2.75) is 40.0 Å². The fraction of sp³-hybridized carbons (Fsp3) is 0.391. The number of amides is 1. The van der Waals surface area contributed by atoms with Gasteiger partial charge in [-0.15, -0.1) is 0 Å². The first-order valence-electron chi connectivity index (χ1n) is 9.67. The van der Waals surface area contributed by atoms with Crippen LogP contribution in [0.3, 0.4) is 0 Å². The molecule has 0 saturated carbocycles. The summed E-state index contributed by atoms with van der Waals surface area (Å²) in [4.78, 5) is 27.0. The summed E-state index contributed by atoms with van der Waals surface area (Å²) in [6.45, 7) is 8.35. The molecule has 0 radical (unpaired) electrons. The van der Waals surface area contributed by atoms with Gasteiger partial charge in [-0.1, -0.05) is 24.6 Å². The van der Waals surface area contributed by atoms with Crippen LogP contribution in [0.15, 0.2) is 42.5 Å². The Hall–Kier alpha value is -2.62. The van der Waals surface area contributed by atoms with Gasteiger partial charge >= 0.3 is 0 Å². The lowest BCUT2D eigenvalue weighted by atomic mass is 9.99. The van der Waals surface area contributed by atoms with Crippen molar-refractivity contribution in [2.24, 2.45) is 5.92 Å². The predicted octanol–water partition coefficient (Wildman–Crippen LogP) is 4.75. The minimum atomic E-state index is -0.129. The van der Waals surface area contributed by atoms with Crippen molar-refractivity contribution in [3.05, 3.63) is 59.2 Å². The molecule has 1 amide bonds. The number of hydrogen-bond acceptors (Lipinski definition) is 3. The van der Waals surface area contributed by atoms with Crippen molar-refractivity contribution >= 4 is 23.1 Å². The molecule has 2 aromatic carbocycles. The average molecular weight is 364 g/mol. The van der Waals surface area contributed by atoms with E-state index < -0.39 is 0 Å². The third kappa shape index (κ3) is 4.97. The number of hydrogen-bond donors (Lipinski definition) is 1. The van der Waals surface area contributed by atoms with E-state index in [-0.39, 0.29) is 24.5 Å². The summed E-state index contributed by atoms with van der Waals surface area (Å²) in [6, 6.07) is 13.8. The number of carbonyl (C=O) groups excluding carboxylic acids is 2. The average Bonchev–Trinajstić information content (AvgIpc) is 3.09. The van der Waals surface area contributed by atoms with E-state index in [0.717, 1.165) is 35.8 Å². The van der Waals surface area contributed by atoms with Crippen LogP contribution in [0, 0.1) is 19.8 Å². The van der Waals surface area contributed by atoms with E-state index >= 15 is 0 Å². The monoisotopic (exact) mass is 364 g/mol. The molecule has 0 bridgehead atoms. The van der Waals surface area contributed by atoms with Crippen LogP contribution in [0.5, 0.6) is 0 Å². The first-order chi connectivity index (χ1) is 12.9. The van der Waals surface area contributed by atoms with Gasteiger partial charge in [0.1, 0.15) is 0 Å². The number of benzene rings is 2. The molecule has 2 aromatic rings. The van der Waals surface area contributed by atoms with Gasteiger partial charge in [0, 0.05) is 42.9 Å². The largest absolute Gasteiger partial charge is 0.371 e. The summed E-state index contributed by atoms with van der Waals surface area (Å²) in [5, 5.41) is 2.89. The molecule has 1 fully saturated rings. The SMILES string of the molecule is Cc1ccc(C)c(C(=O)CCC(=O)Nc2ccc(N3CCC(C)C3)cc2)c1. The van der Waals surface area contributed by atoms with Gasteiger partial charge in [0.25, 0.3) is 0 Å². The lowest BCUT2D eigenvalue weighted by molar-refractivity contribution is -0.116. The summed E-state index contributed by atoms with van der Waals surface area (Å²) >= 11 is 0. The number of rotatable bonds is 6. The lowest BCUT2D eigenvalue weighted by Gasteiger charge is -2.18. The highest BCUT2D eigenvalue weighted by Gasteiger charge is 2.18. The molecule has 3 rings (SSSR count). The standard InChI is InChI=1S/C23H28N2O2/c1-16-4-5-18(3)21(14-16)22(26)10-11-23(27)24-19-6-8-20(9-7-19)25-13-12-17(2)15-25/h4-9,14,17H,10-13,15H2,1-3H3,(H,24,27). The first-order valence-corrected chi connectivity index (χ1v) is 9.67. The van der Waals surface area contributed by atoms with Crippen LogP contribution in [0.1, 0.15) is 47.7 Å². The lowest BCUT2D eigenvalue weighted by Crippen LogP contribution is -2.19. The van der Waals surface area contributed by atoms with Crippen LogP contribution < -0.4 is 10.2 Å². The molecule has 4 nitrogen and oxygen atoms in total. The van der Waals surface area contributed by atoms with Crippen molar-refractivity contribution < 1.29 is 9.59 Å². The Morgan fingerprint density at radius 2 is 1.81 bits per heavy atom. The molecular formula is C23H28N2O2. The van der Waals surface area contributed by atoms with Crippen LogP contribution in [0.4, 0.5) is 11.4 Å². The molecular weight excluding hydrogens is 336 g/mol. The molecule has 1 aliphatic heterocycles. The second-order valence-corrected chi connectivity index (χ2v) is 7.68. The van der Waals surface area contributed by atoms with E-state index in [1.165, 1.54) is 12.1 Å². The molecule has 1 N–H and O–H groups in total. The van der Waals surface area contributed by atoms with E-state index in [0.29, 0.717) is 5.56 Å². The Morgan fingerprint density at radius 3 is 2.48 bits per heavy atom. The molecule has 0 aliphatic carbocycles. The Labute approximate surface area is 161 Å². The van der Waals surface area contributed by atoms with Crippen LogP contribution in [-0.4, -0.2) is 24.8 Å². The predicted molar refractivity (Wildman–Crippen MR) is 111 cm³/mol. The van der Waals surface area contributed by atoms with Gasteiger partial charge in [-0.05, 0) is 62.1 Å². The second kappa shape index (κ2) is 8.38. The number of Topliss-reactive ketones (excluding diaryl/α,β-unsaturated/α-hetero) is 1. The van der Waals surface area contributed by atoms with Crippen molar-refractivity contribution in [1.82, 2.24) is 0 Å². The maximum absolute atomic E-state index is 12.4. The van der Waals surface area contributed by atoms with Crippen molar-refractivity contribution in [2.75, 3.05) is 23.3 Å². The molecule has 1 aliphatic rings. The third-order valence-corrected chi connectivity index (χ3v) is 5.21. The number of aryl methyl sites for hydroxylation is 2. The van der Waals surface area contributed by atoms with Gasteiger partial charge in [0.05, 0.1) is 0 Å². The number of nitrogens with zero attached hydrogens (tertiary/aromatic N) is 1. The Kier molecular flexibility index (Phi) is 5.94.